The number of fused-ring (bicyclic) bond motifs is 1. The van der Waals surface area contributed by atoms with Crippen molar-refractivity contribution in [1.82, 2.24) is 20.0 Å². The third-order valence-electron chi connectivity index (χ3n) is 4.81. The van der Waals surface area contributed by atoms with E-state index in [2.05, 4.69) is 55.4 Å². The number of nitrogens with zero attached hydrogens (tertiary/aromatic N) is 4. The number of hydrogen-bond acceptors (Lipinski definition) is 4. The second kappa shape index (κ2) is 9.67. The summed E-state index contributed by atoms with van der Waals surface area (Å²) < 4.78 is 13.4. The summed E-state index contributed by atoms with van der Waals surface area (Å²) in [6.07, 6.45) is 3.00. The Bertz CT molecular complexity index is 844. The Hall–Kier alpha value is -2.70. The molecule has 0 bridgehead atoms. The lowest BCUT2D eigenvalue weighted by Crippen LogP contribution is -2.38. The zero-order valence-corrected chi connectivity index (χ0v) is 18.2. The Kier molecular flexibility index (Phi) is 7.01. The summed E-state index contributed by atoms with van der Waals surface area (Å²) >= 11 is 0. The van der Waals surface area contributed by atoms with E-state index in [1.807, 2.05) is 23.9 Å². The minimum Gasteiger partial charge on any atom is -0.490 e. The normalized spacial score (nSPS) is 14.1. The van der Waals surface area contributed by atoms with Crippen LogP contribution >= 0.6 is 0 Å². The van der Waals surface area contributed by atoms with Crippen LogP contribution < -0.4 is 14.8 Å². The summed E-state index contributed by atoms with van der Waals surface area (Å²) in [5, 5.41) is 8.01. The molecule has 0 spiro atoms. The van der Waals surface area contributed by atoms with Crippen LogP contribution in [0.1, 0.15) is 49.9 Å². The van der Waals surface area contributed by atoms with Crippen molar-refractivity contribution in [3.63, 3.8) is 0 Å². The summed E-state index contributed by atoms with van der Waals surface area (Å²) in [4.78, 5) is 6.99. The first-order valence-electron chi connectivity index (χ1n) is 10.4. The van der Waals surface area contributed by atoms with Crippen LogP contribution in [0.5, 0.6) is 11.5 Å². The molecule has 1 N–H and O–H groups in total. The van der Waals surface area contributed by atoms with E-state index in [0.29, 0.717) is 25.7 Å². The van der Waals surface area contributed by atoms with Gasteiger partial charge in [0.05, 0.1) is 25.5 Å². The number of hydrogen-bond donors (Lipinski definition) is 1. The third-order valence-corrected chi connectivity index (χ3v) is 4.81. The fourth-order valence-electron chi connectivity index (χ4n) is 3.44. The molecule has 2 heterocycles. The SMILES string of the molecule is CCNC(=NCc1ccc2c(c1)OCCCO2)N(C)Cc1cn(C)nc1C(C)C. The van der Waals surface area contributed by atoms with E-state index in [1.54, 1.807) is 0 Å². The molecule has 0 aliphatic carbocycles. The summed E-state index contributed by atoms with van der Waals surface area (Å²) in [5.41, 5.74) is 3.46. The van der Waals surface area contributed by atoms with Gasteiger partial charge >= 0.3 is 0 Å². The summed E-state index contributed by atoms with van der Waals surface area (Å²) in [6, 6.07) is 6.07. The Morgan fingerprint density at radius 1 is 1.28 bits per heavy atom. The average Bonchev–Trinajstić information content (AvgIpc) is 2.91. The maximum absolute atomic E-state index is 5.80. The number of ether oxygens (including phenoxy) is 2. The fraction of sp³-hybridized carbons (Fsp3) is 0.545. The fourth-order valence-corrected chi connectivity index (χ4v) is 3.44. The van der Waals surface area contributed by atoms with Crippen molar-refractivity contribution in [2.75, 3.05) is 26.8 Å². The van der Waals surface area contributed by atoms with E-state index in [0.717, 1.165) is 48.2 Å². The van der Waals surface area contributed by atoms with Gasteiger partial charge in [-0.2, -0.15) is 5.10 Å². The molecule has 0 fully saturated rings. The van der Waals surface area contributed by atoms with E-state index in [-0.39, 0.29) is 0 Å². The smallest absolute Gasteiger partial charge is 0.194 e. The lowest BCUT2D eigenvalue weighted by atomic mass is 10.1. The number of guanidine groups is 1. The van der Waals surface area contributed by atoms with Crippen LogP contribution in [0.25, 0.3) is 0 Å². The molecular formula is C22H33N5O2. The highest BCUT2D eigenvalue weighted by molar-refractivity contribution is 5.79. The zero-order valence-electron chi connectivity index (χ0n) is 18.2. The van der Waals surface area contributed by atoms with Gasteiger partial charge in [-0.3, -0.25) is 4.68 Å². The van der Waals surface area contributed by atoms with Gasteiger partial charge in [0, 0.05) is 45.4 Å². The van der Waals surface area contributed by atoms with Crippen LogP contribution in [-0.4, -0.2) is 47.4 Å². The van der Waals surface area contributed by atoms with Crippen molar-refractivity contribution in [1.29, 1.82) is 0 Å². The van der Waals surface area contributed by atoms with Crippen LogP contribution in [0, 0.1) is 0 Å². The van der Waals surface area contributed by atoms with Gasteiger partial charge in [0.1, 0.15) is 0 Å². The van der Waals surface area contributed by atoms with Gasteiger partial charge in [-0.15, -0.1) is 0 Å². The van der Waals surface area contributed by atoms with Crippen molar-refractivity contribution < 1.29 is 9.47 Å². The van der Waals surface area contributed by atoms with E-state index in [1.165, 1.54) is 5.56 Å². The van der Waals surface area contributed by atoms with Gasteiger partial charge in [-0.1, -0.05) is 19.9 Å². The molecule has 0 atom stereocenters. The second-order valence-electron chi connectivity index (χ2n) is 7.73. The van der Waals surface area contributed by atoms with Crippen LogP contribution in [0.4, 0.5) is 0 Å². The van der Waals surface area contributed by atoms with Gasteiger partial charge in [0.2, 0.25) is 0 Å². The number of benzene rings is 1. The predicted octanol–water partition coefficient (Wildman–Crippen LogP) is 3.30. The molecule has 0 saturated carbocycles. The van der Waals surface area contributed by atoms with Gasteiger partial charge < -0.3 is 19.7 Å². The third kappa shape index (κ3) is 5.43. The molecular weight excluding hydrogens is 366 g/mol. The number of rotatable bonds is 6. The lowest BCUT2D eigenvalue weighted by Gasteiger charge is -2.22. The maximum atomic E-state index is 5.80. The van der Waals surface area contributed by atoms with E-state index >= 15 is 0 Å². The van der Waals surface area contributed by atoms with Gasteiger partial charge in [-0.25, -0.2) is 4.99 Å². The molecule has 0 amide bonds. The van der Waals surface area contributed by atoms with E-state index in [9.17, 15) is 0 Å². The van der Waals surface area contributed by atoms with Gasteiger partial charge in [0.15, 0.2) is 17.5 Å². The van der Waals surface area contributed by atoms with E-state index < -0.39 is 0 Å². The van der Waals surface area contributed by atoms with Crippen molar-refractivity contribution in [3.8, 4) is 11.5 Å². The minimum absolute atomic E-state index is 0.390. The highest BCUT2D eigenvalue weighted by Crippen LogP contribution is 2.30. The molecule has 3 rings (SSSR count). The molecule has 0 unspecified atom stereocenters. The van der Waals surface area contributed by atoms with E-state index in [4.69, 9.17) is 14.5 Å². The molecule has 158 valence electrons. The molecule has 1 aromatic heterocycles. The quantitative estimate of drug-likeness (QED) is 0.596. The molecule has 0 radical (unpaired) electrons. The Morgan fingerprint density at radius 3 is 2.76 bits per heavy atom. The number of aryl methyl sites for hydroxylation is 1. The average molecular weight is 400 g/mol. The summed E-state index contributed by atoms with van der Waals surface area (Å²) in [7, 11) is 4.03. The highest BCUT2D eigenvalue weighted by Gasteiger charge is 2.15. The molecule has 29 heavy (non-hydrogen) atoms. The van der Waals surface area contributed by atoms with Crippen LogP contribution in [0.2, 0.25) is 0 Å². The Morgan fingerprint density at radius 2 is 2.03 bits per heavy atom. The second-order valence-corrected chi connectivity index (χ2v) is 7.73. The first kappa shape index (κ1) is 21.0. The first-order chi connectivity index (χ1) is 14.0. The Labute approximate surface area is 173 Å². The highest BCUT2D eigenvalue weighted by atomic mass is 16.5. The molecule has 2 aromatic rings. The molecule has 7 heteroatoms. The van der Waals surface area contributed by atoms with Gasteiger partial charge in [0.25, 0.3) is 0 Å². The Balaban J connectivity index is 1.73. The predicted molar refractivity (Wildman–Crippen MR) is 116 cm³/mol. The topological polar surface area (TPSA) is 63.9 Å². The van der Waals surface area contributed by atoms with Crippen LogP contribution in [0.3, 0.4) is 0 Å². The maximum Gasteiger partial charge on any atom is 0.194 e. The van der Waals surface area contributed by atoms with Gasteiger partial charge in [-0.05, 0) is 30.5 Å². The standard InChI is InChI=1S/C22H33N5O2/c1-6-23-22(26(4)14-18-15-27(5)25-21(18)16(2)3)24-13-17-8-9-19-20(12-17)29-11-7-10-28-19/h8-9,12,15-16H,6-7,10-11,13-14H2,1-5H3,(H,23,24). The lowest BCUT2D eigenvalue weighted by molar-refractivity contribution is 0.297. The molecule has 0 saturated heterocycles. The minimum atomic E-state index is 0.390. The first-order valence-corrected chi connectivity index (χ1v) is 10.4. The number of aromatic nitrogens is 2. The number of nitrogens with one attached hydrogen (secondary N) is 1. The van der Waals surface area contributed by atoms with Crippen LogP contribution in [0.15, 0.2) is 29.4 Å². The summed E-state index contributed by atoms with van der Waals surface area (Å²) in [6.45, 7) is 9.97. The van der Waals surface area contributed by atoms with Crippen LogP contribution in [-0.2, 0) is 20.1 Å². The van der Waals surface area contributed by atoms with Crippen molar-refractivity contribution in [2.45, 2.75) is 46.2 Å². The van der Waals surface area contributed by atoms with Crippen molar-refractivity contribution >= 4 is 5.96 Å². The molecule has 1 aromatic carbocycles. The largest absolute Gasteiger partial charge is 0.490 e. The monoisotopic (exact) mass is 399 g/mol. The molecule has 1 aliphatic rings. The summed E-state index contributed by atoms with van der Waals surface area (Å²) in [5.74, 6) is 2.89. The van der Waals surface area contributed by atoms with Crippen molar-refractivity contribution in [2.24, 2.45) is 12.0 Å². The number of aliphatic imine (C=N–C) groups is 1. The molecule has 7 nitrogen and oxygen atoms in total. The molecule has 1 aliphatic heterocycles. The van der Waals surface area contributed by atoms with Crippen molar-refractivity contribution in [3.05, 3.63) is 41.2 Å². The zero-order chi connectivity index (χ0) is 20.8.